The number of Topliss-reactive ketones (excluding diaryl/α,β-unsaturated/α-hetero) is 1. The fourth-order valence-corrected chi connectivity index (χ4v) is 3.55. The van der Waals surface area contributed by atoms with Crippen LogP contribution in [0.3, 0.4) is 0 Å². The van der Waals surface area contributed by atoms with Crippen LogP contribution in [0.2, 0.25) is 0 Å². The van der Waals surface area contributed by atoms with Crippen molar-refractivity contribution in [1.82, 2.24) is 9.97 Å². The molecule has 2 aliphatic rings. The molecule has 1 saturated carbocycles. The van der Waals surface area contributed by atoms with E-state index in [-0.39, 0.29) is 5.78 Å². The van der Waals surface area contributed by atoms with E-state index in [9.17, 15) is 4.79 Å². The van der Waals surface area contributed by atoms with Crippen LogP contribution in [0.15, 0.2) is 0 Å². The first-order valence-electron chi connectivity index (χ1n) is 8.97. The highest BCUT2D eigenvalue weighted by Gasteiger charge is 2.23. The SMILES string of the molecule is CCCCC(=O)c1nc2c(c(NC3CCCC3)n1)CCCC2. The number of rotatable bonds is 6. The van der Waals surface area contributed by atoms with Gasteiger partial charge in [0.1, 0.15) is 5.82 Å². The van der Waals surface area contributed by atoms with E-state index in [2.05, 4.69) is 22.2 Å². The summed E-state index contributed by atoms with van der Waals surface area (Å²) >= 11 is 0. The van der Waals surface area contributed by atoms with Crippen LogP contribution in [0.5, 0.6) is 0 Å². The largest absolute Gasteiger partial charge is 0.367 e. The van der Waals surface area contributed by atoms with Crippen LogP contribution in [-0.4, -0.2) is 21.8 Å². The summed E-state index contributed by atoms with van der Waals surface area (Å²) in [5.74, 6) is 1.50. The molecular weight excluding hydrogens is 274 g/mol. The molecule has 120 valence electrons. The number of aryl methyl sites for hydroxylation is 1. The van der Waals surface area contributed by atoms with Crippen LogP contribution in [0.25, 0.3) is 0 Å². The molecule has 2 aliphatic carbocycles. The number of nitrogens with zero attached hydrogens (tertiary/aromatic N) is 2. The number of ketones is 1. The lowest BCUT2D eigenvalue weighted by Gasteiger charge is -2.22. The number of nitrogens with one attached hydrogen (secondary N) is 1. The third-order valence-corrected chi connectivity index (χ3v) is 4.89. The maximum absolute atomic E-state index is 12.3. The Hall–Kier alpha value is -1.45. The molecule has 1 aromatic heterocycles. The van der Waals surface area contributed by atoms with Crippen LogP contribution in [-0.2, 0) is 12.8 Å². The third kappa shape index (κ3) is 3.47. The average Bonchev–Trinajstić information content (AvgIpc) is 3.05. The van der Waals surface area contributed by atoms with Crippen LogP contribution in [0.4, 0.5) is 5.82 Å². The number of anilines is 1. The van der Waals surface area contributed by atoms with Gasteiger partial charge in [0, 0.05) is 23.7 Å². The Morgan fingerprint density at radius 3 is 2.68 bits per heavy atom. The first-order valence-corrected chi connectivity index (χ1v) is 8.97. The van der Waals surface area contributed by atoms with Crippen LogP contribution >= 0.6 is 0 Å². The quantitative estimate of drug-likeness (QED) is 0.804. The zero-order chi connectivity index (χ0) is 15.4. The average molecular weight is 301 g/mol. The minimum Gasteiger partial charge on any atom is -0.367 e. The molecule has 4 heteroatoms. The van der Waals surface area contributed by atoms with Gasteiger partial charge in [-0.2, -0.15) is 0 Å². The molecule has 4 nitrogen and oxygen atoms in total. The predicted molar refractivity (Wildman–Crippen MR) is 88.4 cm³/mol. The van der Waals surface area contributed by atoms with Crippen LogP contribution < -0.4 is 5.32 Å². The summed E-state index contributed by atoms with van der Waals surface area (Å²) in [6.07, 6.45) is 12.0. The fraction of sp³-hybridized carbons (Fsp3) is 0.722. The molecule has 0 atom stereocenters. The maximum Gasteiger partial charge on any atom is 0.200 e. The molecule has 3 rings (SSSR count). The molecule has 0 radical (unpaired) electrons. The van der Waals surface area contributed by atoms with E-state index in [0.717, 1.165) is 37.2 Å². The van der Waals surface area contributed by atoms with Gasteiger partial charge in [0.2, 0.25) is 0 Å². The Balaban J connectivity index is 1.86. The lowest BCUT2D eigenvalue weighted by Crippen LogP contribution is -2.22. The van der Waals surface area contributed by atoms with Gasteiger partial charge in [-0.3, -0.25) is 4.79 Å². The van der Waals surface area contributed by atoms with Gasteiger partial charge in [-0.1, -0.05) is 26.2 Å². The number of carbonyl (C=O) groups is 1. The minimum atomic E-state index is 0.102. The first-order chi connectivity index (χ1) is 10.8. The number of unbranched alkanes of at least 4 members (excludes halogenated alkanes) is 1. The summed E-state index contributed by atoms with van der Waals surface area (Å²) in [7, 11) is 0. The van der Waals surface area contributed by atoms with Gasteiger partial charge in [-0.25, -0.2) is 9.97 Å². The lowest BCUT2D eigenvalue weighted by atomic mass is 9.96. The van der Waals surface area contributed by atoms with Gasteiger partial charge < -0.3 is 5.32 Å². The summed E-state index contributed by atoms with van der Waals surface area (Å²) < 4.78 is 0. The van der Waals surface area contributed by atoms with E-state index < -0.39 is 0 Å². The second-order valence-electron chi connectivity index (χ2n) is 6.68. The molecule has 22 heavy (non-hydrogen) atoms. The summed E-state index contributed by atoms with van der Waals surface area (Å²) in [5.41, 5.74) is 2.38. The molecule has 0 unspecified atom stereocenters. The molecule has 0 aliphatic heterocycles. The standard InChI is InChI=1S/C18H27N3O/c1-2-3-12-16(22)18-20-15-11-7-6-10-14(15)17(21-18)19-13-8-4-5-9-13/h13H,2-12H2,1H3,(H,19,20,21). The Morgan fingerprint density at radius 2 is 1.91 bits per heavy atom. The monoisotopic (exact) mass is 301 g/mol. The van der Waals surface area contributed by atoms with Crippen molar-refractivity contribution >= 4 is 11.6 Å². The van der Waals surface area contributed by atoms with Crippen molar-refractivity contribution in [2.24, 2.45) is 0 Å². The van der Waals surface area contributed by atoms with Gasteiger partial charge >= 0.3 is 0 Å². The number of hydrogen-bond acceptors (Lipinski definition) is 4. The molecule has 1 N–H and O–H groups in total. The van der Waals surface area contributed by atoms with Crippen molar-refractivity contribution < 1.29 is 4.79 Å². The molecule has 1 fully saturated rings. The predicted octanol–water partition coefficient (Wildman–Crippen LogP) is 4.08. The zero-order valence-electron chi connectivity index (χ0n) is 13.7. The van der Waals surface area contributed by atoms with E-state index in [0.29, 0.717) is 18.3 Å². The van der Waals surface area contributed by atoms with Crippen LogP contribution in [0, 0.1) is 0 Å². The molecule has 0 saturated heterocycles. The third-order valence-electron chi connectivity index (χ3n) is 4.89. The highest BCUT2D eigenvalue weighted by molar-refractivity contribution is 5.92. The van der Waals surface area contributed by atoms with Crippen molar-refractivity contribution in [2.45, 2.75) is 83.6 Å². The van der Waals surface area contributed by atoms with Gasteiger partial charge in [-0.05, 0) is 44.9 Å². The Bertz CT molecular complexity index is 535. The Morgan fingerprint density at radius 1 is 1.14 bits per heavy atom. The fourth-order valence-electron chi connectivity index (χ4n) is 3.55. The number of hydrogen-bond donors (Lipinski definition) is 1. The van der Waals surface area contributed by atoms with E-state index in [1.54, 1.807) is 0 Å². The number of carbonyl (C=O) groups excluding carboxylic acids is 1. The highest BCUT2D eigenvalue weighted by Crippen LogP contribution is 2.29. The van der Waals surface area contributed by atoms with Crippen molar-refractivity contribution in [3.63, 3.8) is 0 Å². The second-order valence-corrected chi connectivity index (χ2v) is 6.68. The van der Waals surface area contributed by atoms with E-state index in [1.807, 2.05) is 0 Å². The van der Waals surface area contributed by atoms with Crippen molar-refractivity contribution in [1.29, 1.82) is 0 Å². The smallest absolute Gasteiger partial charge is 0.200 e. The Kier molecular flexibility index (Phi) is 5.06. The van der Waals surface area contributed by atoms with E-state index in [1.165, 1.54) is 44.1 Å². The molecule has 1 aromatic rings. The van der Waals surface area contributed by atoms with Crippen molar-refractivity contribution in [3.8, 4) is 0 Å². The molecule has 0 bridgehead atoms. The first kappa shape index (κ1) is 15.4. The van der Waals surface area contributed by atoms with Gasteiger partial charge in [0.05, 0.1) is 0 Å². The molecule has 0 amide bonds. The molecular formula is C18H27N3O. The summed E-state index contributed by atoms with van der Waals surface area (Å²) in [6.45, 7) is 2.11. The summed E-state index contributed by atoms with van der Waals surface area (Å²) in [6, 6.07) is 0.527. The summed E-state index contributed by atoms with van der Waals surface area (Å²) in [5, 5.41) is 3.62. The van der Waals surface area contributed by atoms with Crippen molar-refractivity contribution in [2.75, 3.05) is 5.32 Å². The minimum absolute atomic E-state index is 0.102. The second kappa shape index (κ2) is 7.21. The van der Waals surface area contributed by atoms with Gasteiger partial charge in [0.15, 0.2) is 11.6 Å². The van der Waals surface area contributed by atoms with Crippen LogP contribution in [0.1, 0.15) is 86.6 Å². The highest BCUT2D eigenvalue weighted by atomic mass is 16.1. The molecule has 0 aromatic carbocycles. The number of fused-ring (bicyclic) bond motifs is 1. The van der Waals surface area contributed by atoms with Gasteiger partial charge in [-0.15, -0.1) is 0 Å². The summed E-state index contributed by atoms with van der Waals surface area (Å²) in [4.78, 5) is 21.6. The van der Waals surface area contributed by atoms with Crippen molar-refractivity contribution in [3.05, 3.63) is 17.1 Å². The zero-order valence-corrected chi connectivity index (χ0v) is 13.7. The van der Waals surface area contributed by atoms with Gasteiger partial charge in [0.25, 0.3) is 0 Å². The maximum atomic E-state index is 12.3. The topological polar surface area (TPSA) is 54.9 Å². The molecule has 1 heterocycles. The normalized spacial score (nSPS) is 18.2. The number of aromatic nitrogens is 2. The molecule has 0 spiro atoms. The Labute approximate surface area is 133 Å². The lowest BCUT2D eigenvalue weighted by molar-refractivity contribution is 0.0969. The van der Waals surface area contributed by atoms with E-state index in [4.69, 9.17) is 0 Å². The van der Waals surface area contributed by atoms with E-state index >= 15 is 0 Å².